The summed E-state index contributed by atoms with van der Waals surface area (Å²) in [5.74, 6) is -3.22. The Labute approximate surface area is 73.9 Å². The maximum absolute atomic E-state index is 12.7. The number of hydrogen-bond acceptors (Lipinski definition) is 3. The van der Waals surface area contributed by atoms with Crippen LogP contribution >= 0.6 is 0 Å². The quantitative estimate of drug-likeness (QED) is 0.768. The molecule has 13 heavy (non-hydrogen) atoms. The monoisotopic (exact) mass is 188 g/mol. The molecule has 0 radical (unpaired) electrons. The Morgan fingerprint density at radius 2 is 2.23 bits per heavy atom. The van der Waals surface area contributed by atoms with E-state index in [1.165, 1.54) is 6.20 Å². The van der Waals surface area contributed by atoms with Gasteiger partial charge in [-0.1, -0.05) is 0 Å². The van der Waals surface area contributed by atoms with Gasteiger partial charge in [-0.15, -0.1) is 0 Å². The van der Waals surface area contributed by atoms with Crippen LogP contribution in [0.25, 0.3) is 0 Å². The predicted molar refractivity (Wildman–Crippen MR) is 41.2 cm³/mol. The highest BCUT2D eigenvalue weighted by Crippen LogP contribution is 2.43. The van der Waals surface area contributed by atoms with Gasteiger partial charge in [-0.25, -0.2) is 4.98 Å². The molecular formula is C8H10F2N2O. The van der Waals surface area contributed by atoms with Crippen LogP contribution < -0.4 is 5.73 Å². The molecule has 1 aliphatic rings. The molecule has 0 amide bonds. The van der Waals surface area contributed by atoms with Crippen LogP contribution in [-0.2, 0) is 11.5 Å². The van der Waals surface area contributed by atoms with Crippen LogP contribution in [0.2, 0.25) is 0 Å². The fourth-order valence-corrected chi connectivity index (χ4v) is 1.09. The van der Waals surface area contributed by atoms with Crippen molar-refractivity contribution in [3.63, 3.8) is 0 Å². The lowest BCUT2D eigenvalue weighted by atomic mass is 10.2. The summed E-state index contributed by atoms with van der Waals surface area (Å²) in [7, 11) is 0. The molecule has 2 rings (SSSR count). The zero-order valence-electron chi connectivity index (χ0n) is 7.18. The minimum atomic E-state index is -3.02. The second kappa shape index (κ2) is 2.29. The minimum Gasteiger partial charge on any atom is -0.438 e. The van der Waals surface area contributed by atoms with E-state index in [4.69, 9.17) is 10.2 Å². The van der Waals surface area contributed by atoms with E-state index in [9.17, 15) is 8.78 Å². The van der Waals surface area contributed by atoms with Gasteiger partial charge < -0.3 is 10.2 Å². The molecule has 0 saturated heterocycles. The summed E-state index contributed by atoms with van der Waals surface area (Å²) in [6.07, 6.45) is 2.84. The van der Waals surface area contributed by atoms with Crippen LogP contribution in [0.3, 0.4) is 0 Å². The molecule has 1 aromatic rings. The van der Waals surface area contributed by atoms with Gasteiger partial charge in [-0.3, -0.25) is 0 Å². The van der Waals surface area contributed by atoms with Gasteiger partial charge in [-0.2, -0.15) is 8.78 Å². The van der Waals surface area contributed by atoms with E-state index in [1.54, 1.807) is 0 Å². The number of aromatic nitrogens is 1. The first kappa shape index (κ1) is 8.62. The Hall–Kier alpha value is -0.970. The summed E-state index contributed by atoms with van der Waals surface area (Å²) in [6.45, 7) is 0.749. The predicted octanol–water partition coefficient (Wildman–Crippen LogP) is 1.73. The molecule has 0 spiro atoms. The average molecular weight is 188 g/mol. The number of halogens is 2. The van der Waals surface area contributed by atoms with Crippen molar-refractivity contribution in [1.82, 2.24) is 4.98 Å². The fraction of sp³-hybridized carbons (Fsp3) is 0.625. The zero-order valence-corrected chi connectivity index (χ0v) is 7.18. The number of alkyl halides is 2. The summed E-state index contributed by atoms with van der Waals surface area (Å²) in [4.78, 5) is 3.50. The summed E-state index contributed by atoms with van der Waals surface area (Å²) in [6, 6.07) is 0. The standard InChI is InChI=1S/C8H10F2N2O/c1-7(9,10)6-12-4-5(13-6)8(11)2-3-8/h4H,2-3,11H2,1H3. The molecule has 0 aliphatic heterocycles. The van der Waals surface area contributed by atoms with E-state index in [2.05, 4.69) is 4.98 Å². The highest BCUT2D eigenvalue weighted by Gasteiger charge is 2.45. The molecule has 1 fully saturated rings. The van der Waals surface area contributed by atoms with Crippen LogP contribution in [0.4, 0.5) is 8.78 Å². The van der Waals surface area contributed by atoms with Crippen molar-refractivity contribution < 1.29 is 13.2 Å². The molecule has 0 unspecified atom stereocenters. The smallest absolute Gasteiger partial charge is 0.319 e. The number of hydrogen-bond donors (Lipinski definition) is 1. The van der Waals surface area contributed by atoms with Gasteiger partial charge in [0.1, 0.15) is 5.76 Å². The largest absolute Gasteiger partial charge is 0.438 e. The van der Waals surface area contributed by atoms with E-state index in [-0.39, 0.29) is 0 Å². The number of rotatable bonds is 2. The number of nitrogens with zero attached hydrogens (tertiary/aromatic N) is 1. The Balaban J connectivity index is 2.29. The van der Waals surface area contributed by atoms with Crippen molar-refractivity contribution in [3.8, 4) is 0 Å². The highest BCUT2D eigenvalue weighted by molar-refractivity contribution is 5.17. The molecule has 2 N–H and O–H groups in total. The number of oxazole rings is 1. The van der Waals surface area contributed by atoms with E-state index < -0.39 is 17.4 Å². The lowest BCUT2D eigenvalue weighted by Crippen LogP contribution is -2.17. The molecule has 0 atom stereocenters. The molecule has 1 aromatic heterocycles. The average Bonchev–Trinajstić information content (AvgIpc) is 2.60. The number of nitrogens with two attached hydrogens (primary N) is 1. The minimum absolute atomic E-state index is 0.365. The van der Waals surface area contributed by atoms with Crippen molar-refractivity contribution in [3.05, 3.63) is 17.8 Å². The van der Waals surface area contributed by atoms with Crippen LogP contribution in [0.5, 0.6) is 0 Å². The van der Waals surface area contributed by atoms with E-state index in [0.717, 1.165) is 19.8 Å². The van der Waals surface area contributed by atoms with Gasteiger partial charge in [0, 0.05) is 6.92 Å². The van der Waals surface area contributed by atoms with Crippen molar-refractivity contribution in [2.45, 2.75) is 31.2 Å². The molecule has 3 nitrogen and oxygen atoms in total. The first-order chi connectivity index (χ1) is 5.92. The lowest BCUT2D eigenvalue weighted by Gasteiger charge is -2.05. The van der Waals surface area contributed by atoms with Gasteiger partial charge in [0.25, 0.3) is 5.89 Å². The molecule has 72 valence electrons. The van der Waals surface area contributed by atoms with Gasteiger partial charge in [0.15, 0.2) is 0 Å². The first-order valence-corrected chi connectivity index (χ1v) is 4.05. The van der Waals surface area contributed by atoms with Gasteiger partial charge in [0.2, 0.25) is 0 Å². The zero-order chi connectivity index (χ0) is 9.69. The maximum Gasteiger partial charge on any atom is 0.319 e. The molecule has 1 heterocycles. The topological polar surface area (TPSA) is 52.0 Å². The van der Waals surface area contributed by atoms with Crippen molar-refractivity contribution in [2.75, 3.05) is 0 Å². The first-order valence-electron chi connectivity index (χ1n) is 4.05. The Bertz CT molecular complexity index is 305. The lowest BCUT2D eigenvalue weighted by molar-refractivity contribution is -0.0122. The van der Waals surface area contributed by atoms with E-state index >= 15 is 0 Å². The SMILES string of the molecule is CC(F)(F)c1ncc(C2(N)CC2)o1. The normalized spacial score (nSPS) is 20.3. The third-order valence-corrected chi connectivity index (χ3v) is 2.16. The molecule has 0 aromatic carbocycles. The fourth-order valence-electron chi connectivity index (χ4n) is 1.09. The summed E-state index contributed by atoms with van der Waals surface area (Å²) >= 11 is 0. The van der Waals surface area contributed by atoms with E-state index in [0.29, 0.717) is 5.76 Å². The van der Waals surface area contributed by atoms with Gasteiger partial charge in [0.05, 0.1) is 11.7 Å². The van der Waals surface area contributed by atoms with Crippen LogP contribution in [0.1, 0.15) is 31.4 Å². The third kappa shape index (κ3) is 1.44. The van der Waals surface area contributed by atoms with Gasteiger partial charge >= 0.3 is 5.92 Å². The second-order valence-corrected chi connectivity index (χ2v) is 3.57. The van der Waals surface area contributed by atoms with Crippen LogP contribution in [-0.4, -0.2) is 4.98 Å². The van der Waals surface area contributed by atoms with Crippen molar-refractivity contribution >= 4 is 0 Å². The van der Waals surface area contributed by atoms with E-state index in [1.807, 2.05) is 0 Å². The highest BCUT2D eigenvalue weighted by atomic mass is 19.3. The van der Waals surface area contributed by atoms with Crippen molar-refractivity contribution in [2.24, 2.45) is 5.73 Å². The summed E-state index contributed by atoms with van der Waals surface area (Å²) in [5, 5.41) is 0. The second-order valence-electron chi connectivity index (χ2n) is 3.57. The summed E-state index contributed by atoms with van der Waals surface area (Å²) in [5.41, 5.74) is 5.21. The Morgan fingerprint density at radius 1 is 1.62 bits per heavy atom. The van der Waals surface area contributed by atoms with Crippen LogP contribution in [0, 0.1) is 0 Å². The Morgan fingerprint density at radius 3 is 2.62 bits per heavy atom. The third-order valence-electron chi connectivity index (χ3n) is 2.16. The van der Waals surface area contributed by atoms with Gasteiger partial charge in [-0.05, 0) is 12.8 Å². The summed E-state index contributed by atoms with van der Waals surface area (Å²) < 4.78 is 30.2. The molecule has 0 bridgehead atoms. The van der Waals surface area contributed by atoms with Crippen LogP contribution in [0.15, 0.2) is 10.6 Å². The Kier molecular flexibility index (Phi) is 1.52. The molecule has 1 saturated carbocycles. The molecular weight excluding hydrogens is 178 g/mol. The van der Waals surface area contributed by atoms with Crippen molar-refractivity contribution in [1.29, 1.82) is 0 Å². The maximum atomic E-state index is 12.7. The molecule has 5 heteroatoms. The molecule has 1 aliphatic carbocycles.